The van der Waals surface area contributed by atoms with Crippen molar-refractivity contribution < 1.29 is 23.9 Å². The second-order valence-corrected chi connectivity index (χ2v) is 12.6. The highest BCUT2D eigenvalue weighted by molar-refractivity contribution is 8.00. The normalized spacial score (nSPS) is 11.6. The minimum atomic E-state index is -0.603. The van der Waals surface area contributed by atoms with E-state index in [1.807, 2.05) is 74.5 Å². The van der Waals surface area contributed by atoms with E-state index in [1.165, 1.54) is 18.9 Å². The molecule has 0 spiro atoms. The third-order valence-electron chi connectivity index (χ3n) is 7.48. The maximum absolute atomic E-state index is 13.7. The van der Waals surface area contributed by atoms with Gasteiger partial charge in [-0.25, -0.2) is 0 Å². The number of hydrogen-bond acceptors (Lipinski definition) is 6. The molecule has 0 radical (unpaired) electrons. The molecule has 3 N–H and O–H groups in total. The minimum Gasteiger partial charge on any atom is -0.495 e. The van der Waals surface area contributed by atoms with Crippen molar-refractivity contribution in [2.24, 2.45) is 0 Å². The fraction of sp³-hybridized carbons (Fsp3) is 0.125. The van der Waals surface area contributed by atoms with Crippen LogP contribution in [0.5, 0.6) is 11.5 Å². The summed E-state index contributed by atoms with van der Waals surface area (Å²) in [5.41, 5.74) is 3.84. The number of thioether (sulfide) groups is 1. The topological polar surface area (TPSA) is 106 Å². The third kappa shape index (κ3) is 9.56. The number of amides is 3. The van der Waals surface area contributed by atoms with E-state index in [1.54, 1.807) is 66.7 Å². The van der Waals surface area contributed by atoms with Crippen molar-refractivity contribution >= 4 is 58.5 Å². The molecule has 0 aliphatic heterocycles. The zero-order valence-corrected chi connectivity index (χ0v) is 29.3. The van der Waals surface area contributed by atoms with Gasteiger partial charge in [0.15, 0.2) is 0 Å². The highest BCUT2D eigenvalue weighted by Gasteiger charge is 2.24. The lowest BCUT2D eigenvalue weighted by Gasteiger charge is -2.19. The number of rotatable bonds is 13. The van der Waals surface area contributed by atoms with Crippen LogP contribution in [0.15, 0.2) is 132 Å². The second kappa shape index (κ2) is 17.2. The number of halogens is 1. The Morgan fingerprint density at radius 1 is 0.840 bits per heavy atom. The summed E-state index contributed by atoms with van der Waals surface area (Å²) in [5.74, 6) is 0.00548. The van der Waals surface area contributed by atoms with E-state index in [-0.39, 0.29) is 11.6 Å². The Morgan fingerprint density at radius 3 is 2.14 bits per heavy atom. The lowest BCUT2D eigenvalue weighted by Crippen LogP contribution is -2.30. The Labute approximate surface area is 300 Å². The van der Waals surface area contributed by atoms with E-state index in [4.69, 9.17) is 21.1 Å². The van der Waals surface area contributed by atoms with Crippen LogP contribution >= 0.6 is 23.4 Å². The number of carbonyl (C=O) groups is 3. The predicted octanol–water partition coefficient (Wildman–Crippen LogP) is 8.94. The van der Waals surface area contributed by atoms with Crippen LogP contribution in [0.25, 0.3) is 6.08 Å². The highest BCUT2D eigenvalue weighted by Crippen LogP contribution is 2.38. The van der Waals surface area contributed by atoms with Crippen LogP contribution in [-0.2, 0) is 9.59 Å². The number of benzene rings is 5. The number of carbonyl (C=O) groups excluding carboxylic acids is 3. The number of methoxy groups -OCH3 is 1. The highest BCUT2D eigenvalue weighted by atomic mass is 35.5. The maximum Gasteiger partial charge on any atom is 0.272 e. The molecular formula is C40H36ClN3O5S. The Bertz CT molecular complexity index is 1970. The molecule has 0 aromatic heterocycles. The predicted molar refractivity (Wildman–Crippen MR) is 201 cm³/mol. The van der Waals surface area contributed by atoms with Crippen LogP contribution in [0.3, 0.4) is 0 Å². The molecule has 0 bridgehead atoms. The number of nitrogens with one attached hydrogen (secondary N) is 3. The summed E-state index contributed by atoms with van der Waals surface area (Å²) in [4.78, 5) is 41.1. The summed E-state index contributed by atoms with van der Waals surface area (Å²) in [7, 11) is 1.52. The lowest BCUT2D eigenvalue weighted by atomic mass is 10.1. The summed E-state index contributed by atoms with van der Waals surface area (Å²) < 4.78 is 11.0. The fourth-order valence-electron chi connectivity index (χ4n) is 4.92. The minimum absolute atomic E-state index is 0.0649. The molecule has 254 valence electrons. The molecule has 1 unspecified atom stereocenters. The maximum atomic E-state index is 13.7. The van der Waals surface area contributed by atoms with Crippen molar-refractivity contribution in [2.45, 2.75) is 24.0 Å². The molecule has 5 aromatic carbocycles. The molecule has 0 saturated carbocycles. The number of anilines is 2. The fourth-order valence-corrected chi connectivity index (χ4v) is 6.09. The van der Waals surface area contributed by atoms with E-state index in [9.17, 15) is 14.4 Å². The van der Waals surface area contributed by atoms with Crippen molar-refractivity contribution in [2.75, 3.05) is 24.4 Å². The largest absolute Gasteiger partial charge is 0.495 e. The lowest BCUT2D eigenvalue weighted by molar-refractivity contribution is -0.116. The van der Waals surface area contributed by atoms with Crippen LogP contribution in [-0.4, -0.2) is 31.4 Å². The number of ether oxygens (including phenoxy) is 2. The van der Waals surface area contributed by atoms with Crippen molar-refractivity contribution in [3.63, 3.8) is 0 Å². The van der Waals surface area contributed by atoms with Crippen LogP contribution in [0.4, 0.5) is 11.4 Å². The first-order valence-electron chi connectivity index (χ1n) is 15.8. The Kier molecular flexibility index (Phi) is 12.3. The molecule has 5 rings (SSSR count). The average molecular weight is 706 g/mol. The van der Waals surface area contributed by atoms with Gasteiger partial charge in [0.25, 0.3) is 11.8 Å². The zero-order valence-electron chi connectivity index (χ0n) is 27.7. The van der Waals surface area contributed by atoms with Crippen molar-refractivity contribution in [3.8, 4) is 11.5 Å². The van der Waals surface area contributed by atoms with Gasteiger partial charge in [-0.3, -0.25) is 14.4 Å². The summed E-state index contributed by atoms with van der Waals surface area (Å²) in [6.45, 7) is 4.29. The molecule has 0 heterocycles. The summed E-state index contributed by atoms with van der Waals surface area (Å²) >= 11 is 7.64. The Balaban J connectivity index is 1.34. The molecule has 0 saturated heterocycles. The summed E-state index contributed by atoms with van der Waals surface area (Å²) in [6.07, 6.45) is 1.61. The molecular weight excluding hydrogens is 670 g/mol. The van der Waals surface area contributed by atoms with Gasteiger partial charge in [-0.1, -0.05) is 72.3 Å². The van der Waals surface area contributed by atoms with Crippen molar-refractivity contribution in [1.29, 1.82) is 0 Å². The third-order valence-corrected chi connectivity index (χ3v) is 9.15. The first-order chi connectivity index (χ1) is 24.2. The van der Waals surface area contributed by atoms with Gasteiger partial charge in [0.2, 0.25) is 5.91 Å². The summed E-state index contributed by atoms with van der Waals surface area (Å²) in [5, 5.41) is 8.58. The van der Waals surface area contributed by atoms with Gasteiger partial charge in [-0.2, -0.15) is 0 Å². The first-order valence-corrected chi connectivity index (χ1v) is 17.1. The first kappa shape index (κ1) is 35.8. The van der Waals surface area contributed by atoms with Crippen LogP contribution in [0.1, 0.15) is 39.2 Å². The van der Waals surface area contributed by atoms with Gasteiger partial charge in [0.1, 0.15) is 22.4 Å². The van der Waals surface area contributed by atoms with Crippen molar-refractivity contribution in [1.82, 2.24) is 5.32 Å². The molecule has 5 aromatic rings. The Hall–Kier alpha value is -5.51. The van der Waals surface area contributed by atoms with E-state index in [0.717, 1.165) is 16.0 Å². The second-order valence-electron chi connectivity index (χ2n) is 11.1. The molecule has 0 aliphatic rings. The quantitative estimate of drug-likeness (QED) is 0.0835. The summed E-state index contributed by atoms with van der Waals surface area (Å²) in [6, 6.07) is 36.0. The van der Waals surface area contributed by atoms with E-state index >= 15 is 0 Å². The van der Waals surface area contributed by atoms with Crippen LogP contribution in [0.2, 0.25) is 5.02 Å². The standard InChI is InChI=1S/C40H36ClN3O5S/c1-4-49-31-19-15-27(16-20-31)24-35(44-38(45)29-13-9-6-10-14-29)39(46)42-30-17-21-32(22-18-30)50-37(28-11-7-5-8-12-28)40(47)43-34-23-26(2)33(41)25-36(34)48-3/h5-25,37H,4H2,1-3H3,(H,42,46)(H,43,47)(H,44,45)/b35-24-. The number of aryl methyl sites for hydroxylation is 1. The molecule has 10 heteroatoms. The molecule has 1 atom stereocenters. The van der Waals surface area contributed by atoms with E-state index < -0.39 is 17.1 Å². The average Bonchev–Trinajstić information content (AvgIpc) is 3.14. The Morgan fingerprint density at radius 2 is 1.50 bits per heavy atom. The SMILES string of the molecule is CCOc1ccc(/C=C(\NC(=O)c2ccccc2)C(=O)Nc2ccc(SC(C(=O)Nc3cc(C)c(Cl)cc3OC)c3ccccc3)cc2)cc1. The molecule has 50 heavy (non-hydrogen) atoms. The van der Waals surface area contributed by atoms with E-state index in [2.05, 4.69) is 16.0 Å². The zero-order chi connectivity index (χ0) is 35.5. The molecule has 8 nitrogen and oxygen atoms in total. The number of hydrogen-bond donors (Lipinski definition) is 3. The van der Waals surface area contributed by atoms with Crippen LogP contribution in [0, 0.1) is 6.92 Å². The van der Waals surface area contributed by atoms with Gasteiger partial charge < -0.3 is 25.4 Å². The van der Waals surface area contributed by atoms with Gasteiger partial charge >= 0.3 is 0 Å². The van der Waals surface area contributed by atoms with Crippen LogP contribution < -0.4 is 25.4 Å². The van der Waals surface area contributed by atoms with E-state index in [0.29, 0.717) is 45.6 Å². The molecule has 0 aliphatic carbocycles. The van der Waals surface area contributed by atoms with Gasteiger partial charge in [-0.15, -0.1) is 11.8 Å². The molecule has 0 fully saturated rings. The van der Waals surface area contributed by atoms with Gasteiger partial charge in [-0.05, 0) is 91.2 Å². The molecule has 3 amide bonds. The monoisotopic (exact) mass is 705 g/mol. The van der Waals surface area contributed by atoms with Crippen molar-refractivity contribution in [3.05, 3.63) is 154 Å². The van der Waals surface area contributed by atoms with Gasteiger partial charge in [0.05, 0.1) is 19.4 Å². The van der Waals surface area contributed by atoms with Gasteiger partial charge in [0, 0.05) is 27.2 Å². The smallest absolute Gasteiger partial charge is 0.272 e.